The second-order valence-corrected chi connectivity index (χ2v) is 8.67. The van der Waals surface area contributed by atoms with Gasteiger partial charge < -0.3 is 10.6 Å². The average Bonchev–Trinajstić information content (AvgIpc) is 3.18. The van der Waals surface area contributed by atoms with Gasteiger partial charge in [0.05, 0.1) is 22.1 Å². The predicted octanol–water partition coefficient (Wildman–Crippen LogP) is 1.32. The molecule has 0 unspecified atom stereocenters. The molecule has 0 aliphatic heterocycles. The van der Waals surface area contributed by atoms with Crippen LogP contribution in [0, 0.1) is 5.92 Å². The van der Waals surface area contributed by atoms with E-state index in [9.17, 15) is 22.4 Å². The number of benzene rings is 1. The van der Waals surface area contributed by atoms with E-state index in [1.165, 1.54) is 0 Å². The predicted molar refractivity (Wildman–Crippen MR) is 93.5 cm³/mol. The summed E-state index contributed by atoms with van der Waals surface area (Å²) in [6.45, 7) is 4.17. The number of rotatable bonds is 6. The fourth-order valence-corrected chi connectivity index (χ4v) is 3.20. The quantitative estimate of drug-likeness (QED) is 0.623. The summed E-state index contributed by atoms with van der Waals surface area (Å²) < 4.78 is 36.5. The Kier molecular flexibility index (Phi) is 5.85. The normalized spacial score (nSPS) is 19.6. The molecule has 0 spiro atoms. The third-order valence-corrected chi connectivity index (χ3v) is 5.31. The molecule has 0 aromatic heterocycles. The number of halogens is 2. The van der Waals surface area contributed by atoms with Crippen LogP contribution in [0.2, 0.25) is 0 Å². The number of carbonyl (C=O) groups excluding carboxylic acids is 2. The maximum Gasteiger partial charge on any atom is 0.252 e. The van der Waals surface area contributed by atoms with Crippen molar-refractivity contribution in [3.05, 3.63) is 27.7 Å². The van der Waals surface area contributed by atoms with Gasteiger partial charge in [-0.1, -0.05) is 13.8 Å². The summed E-state index contributed by atoms with van der Waals surface area (Å²) in [4.78, 5) is 24.3. The Morgan fingerprint density at radius 3 is 2.28 bits per heavy atom. The van der Waals surface area contributed by atoms with Crippen molar-refractivity contribution in [3.8, 4) is 0 Å². The van der Waals surface area contributed by atoms with Crippen LogP contribution in [0.1, 0.15) is 41.0 Å². The molecule has 10 heteroatoms. The summed E-state index contributed by atoms with van der Waals surface area (Å²) in [6.07, 6.45) is -0.905. The molecule has 1 aromatic carbocycles. The van der Waals surface area contributed by atoms with E-state index in [0.29, 0.717) is 6.54 Å². The molecule has 1 fully saturated rings. The molecular weight excluding hydrogens is 417 g/mol. The van der Waals surface area contributed by atoms with Gasteiger partial charge in [0.2, 0.25) is 10.0 Å². The van der Waals surface area contributed by atoms with Crippen molar-refractivity contribution < 1.29 is 22.4 Å². The highest BCUT2D eigenvalue weighted by molar-refractivity contribution is 9.10. The second-order valence-electron chi connectivity index (χ2n) is 6.31. The van der Waals surface area contributed by atoms with Crippen molar-refractivity contribution in [3.63, 3.8) is 0 Å². The standard InChI is InChI=1S/C15H19BrFN3O4S/c1-7(2)6-19-14(21)9-3-8(25(18,23)24)4-10(13(9)16)15(22)20-12-5-11(12)17/h3-4,7,11-12H,5-6H2,1-2H3,(H,19,21)(H,20,22)(H2,18,23,24)/t11-,12+/m1/s1. The maximum absolute atomic E-state index is 13.0. The Morgan fingerprint density at radius 1 is 1.32 bits per heavy atom. The van der Waals surface area contributed by atoms with Gasteiger partial charge in [-0.15, -0.1) is 0 Å². The molecule has 0 bridgehead atoms. The number of hydrogen-bond acceptors (Lipinski definition) is 4. The summed E-state index contributed by atoms with van der Waals surface area (Å²) in [7, 11) is -4.14. The molecule has 7 nitrogen and oxygen atoms in total. The Morgan fingerprint density at radius 2 is 1.84 bits per heavy atom. The lowest BCUT2D eigenvalue weighted by molar-refractivity contribution is 0.0946. The zero-order valence-electron chi connectivity index (χ0n) is 13.7. The third kappa shape index (κ3) is 4.99. The van der Waals surface area contributed by atoms with E-state index in [2.05, 4.69) is 26.6 Å². The van der Waals surface area contributed by atoms with Gasteiger partial charge in [-0.05, 0) is 34.0 Å². The molecule has 1 saturated carbocycles. The summed E-state index contributed by atoms with van der Waals surface area (Å²) in [6, 6.07) is 1.56. The Hall–Kier alpha value is -1.52. The maximum atomic E-state index is 13.0. The van der Waals surface area contributed by atoms with Gasteiger partial charge in [0.25, 0.3) is 11.8 Å². The lowest BCUT2D eigenvalue weighted by Gasteiger charge is -2.13. The molecular formula is C15H19BrFN3O4S. The molecule has 138 valence electrons. The summed E-state index contributed by atoms with van der Waals surface area (Å²) in [5.74, 6) is -1.04. The molecule has 1 aliphatic carbocycles. The fraction of sp³-hybridized carbons (Fsp3) is 0.467. The molecule has 0 heterocycles. The lowest BCUT2D eigenvalue weighted by atomic mass is 10.1. The summed E-state index contributed by atoms with van der Waals surface area (Å²) in [5.41, 5.74) is -0.134. The number of primary sulfonamides is 1. The summed E-state index contributed by atoms with van der Waals surface area (Å²) >= 11 is 3.16. The van der Waals surface area contributed by atoms with Gasteiger partial charge in [-0.25, -0.2) is 17.9 Å². The number of nitrogens with one attached hydrogen (secondary N) is 2. The number of nitrogens with two attached hydrogens (primary N) is 1. The van der Waals surface area contributed by atoms with Crippen molar-refractivity contribution in [1.82, 2.24) is 10.6 Å². The highest BCUT2D eigenvalue weighted by Crippen LogP contribution is 2.29. The zero-order chi connectivity index (χ0) is 18.9. The van der Waals surface area contributed by atoms with E-state index in [1.54, 1.807) is 0 Å². The molecule has 2 amide bonds. The number of alkyl halides is 1. The molecule has 0 saturated heterocycles. The van der Waals surface area contributed by atoms with Crippen LogP contribution in [0.4, 0.5) is 4.39 Å². The minimum Gasteiger partial charge on any atom is -0.352 e. The smallest absolute Gasteiger partial charge is 0.252 e. The zero-order valence-corrected chi connectivity index (χ0v) is 16.1. The van der Waals surface area contributed by atoms with E-state index in [-0.39, 0.29) is 32.8 Å². The average molecular weight is 436 g/mol. The van der Waals surface area contributed by atoms with Crippen LogP contribution >= 0.6 is 15.9 Å². The summed E-state index contributed by atoms with van der Waals surface area (Å²) in [5, 5.41) is 10.2. The second kappa shape index (κ2) is 7.38. The first-order chi connectivity index (χ1) is 11.5. The Balaban J connectivity index is 2.42. The number of carbonyl (C=O) groups is 2. The topological polar surface area (TPSA) is 118 Å². The Bertz CT molecular complexity index is 813. The van der Waals surface area contributed by atoms with Crippen LogP contribution < -0.4 is 15.8 Å². The van der Waals surface area contributed by atoms with Crippen LogP contribution in [-0.2, 0) is 10.0 Å². The molecule has 1 aromatic rings. The van der Waals surface area contributed by atoms with Crippen molar-refractivity contribution in [2.24, 2.45) is 11.1 Å². The van der Waals surface area contributed by atoms with Gasteiger partial charge in [-0.3, -0.25) is 9.59 Å². The largest absolute Gasteiger partial charge is 0.352 e. The fourth-order valence-electron chi connectivity index (χ4n) is 2.04. The van der Waals surface area contributed by atoms with Gasteiger partial charge in [0, 0.05) is 17.4 Å². The first kappa shape index (κ1) is 19.8. The van der Waals surface area contributed by atoms with Crippen LogP contribution in [0.5, 0.6) is 0 Å². The van der Waals surface area contributed by atoms with Crippen LogP contribution in [-0.4, -0.2) is 39.0 Å². The van der Waals surface area contributed by atoms with Crippen LogP contribution in [0.15, 0.2) is 21.5 Å². The van der Waals surface area contributed by atoms with E-state index in [1.807, 2.05) is 13.8 Å². The van der Waals surface area contributed by atoms with Crippen LogP contribution in [0.25, 0.3) is 0 Å². The number of hydrogen-bond donors (Lipinski definition) is 3. The molecule has 4 N–H and O–H groups in total. The Labute approximate surface area is 153 Å². The van der Waals surface area contributed by atoms with Crippen LogP contribution in [0.3, 0.4) is 0 Å². The van der Waals surface area contributed by atoms with E-state index in [4.69, 9.17) is 5.14 Å². The molecule has 2 atom stereocenters. The van der Waals surface area contributed by atoms with Gasteiger partial charge >= 0.3 is 0 Å². The molecule has 0 radical (unpaired) electrons. The van der Waals surface area contributed by atoms with Gasteiger partial charge in [0.1, 0.15) is 6.17 Å². The minimum absolute atomic E-state index is 0.0371. The van der Waals surface area contributed by atoms with Gasteiger partial charge in [0.15, 0.2) is 0 Å². The minimum atomic E-state index is -4.14. The number of sulfonamides is 1. The van der Waals surface area contributed by atoms with Crippen molar-refractivity contribution >= 4 is 37.8 Å². The van der Waals surface area contributed by atoms with Crippen molar-refractivity contribution in [2.45, 2.75) is 37.4 Å². The first-order valence-corrected chi connectivity index (χ1v) is 9.94. The molecule has 25 heavy (non-hydrogen) atoms. The monoisotopic (exact) mass is 435 g/mol. The van der Waals surface area contributed by atoms with E-state index < -0.39 is 34.1 Å². The van der Waals surface area contributed by atoms with E-state index >= 15 is 0 Å². The lowest BCUT2D eigenvalue weighted by Crippen LogP contribution is -2.31. The number of amides is 2. The first-order valence-electron chi connectivity index (χ1n) is 7.60. The SMILES string of the molecule is CC(C)CNC(=O)c1cc(S(N)(=O)=O)cc(C(=O)N[C@H]2C[C@H]2F)c1Br. The van der Waals surface area contributed by atoms with Gasteiger partial charge in [-0.2, -0.15) is 0 Å². The molecule has 2 rings (SSSR count). The highest BCUT2D eigenvalue weighted by atomic mass is 79.9. The van der Waals surface area contributed by atoms with Crippen molar-refractivity contribution in [2.75, 3.05) is 6.54 Å². The molecule has 1 aliphatic rings. The third-order valence-electron chi connectivity index (χ3n) is 3.56. The highest BCUT2D eigenvalue weighted by Gasteiger charge is 2.39. The van der Waals surface area contributed by atoms with Crippen molar-refractivity contribution in [1.29, 1.82) is 0 Å². The van der Waals surface area contributed by atoms with E-state index in [0.717, 1.165) is 12.1 Å².